The van der Waals surface area contributed by atoms with Crippen LogP contribution in [0.3, 0.4) is 0 Å². The molecule has 0 bridgehead atoms. The van der Waals surface area contributed by atoms with Crippen LogP contribution >= 0.6 is 0 Å². The van der Waals surface area contributed by atoms with Crippen molar-refractivity contribution in [3.05, 3.63) is 29.8 Å². The fraction of sp³-hybridized carbons (Fsp3) is 0.429. The number of nitrogens with two attached hydrogens (primary N) is 1. The van der Waals surface area contributed by atoms with Crippen LogP contribution in [-0.4, -0.2) is 48.4 Å². The highest BCUT2D eigenvalue weighted by molar-refractivity contribution is 7.89. The van der Waals surface area contributed by atoms with E-state index in [2.05, 4.69) is 16.6 Å². The lowest BCUT2D eigenvalue weighted by atomic mass is 10.2. The summed E-state index contributed by atoms with van der Waals surface area (Å²) >= 11 is 0. The molecule has 0 fully saturated rings. The van der Waals surface area contributed by atoms with Crippen LogP contribution in [0.2, 0.25) is 0 Å². The van der Waals surface area contributed by atoms with Gasteiger partial charge in [-0.1, -0.05) is 24.0 Å². The third kappa shape index (κ3) is 6.25. The Bertz CT molecular complexity index is 590. The topological polar surface area (TPSA) is 90.6 Å². The second kappa shape index (κ2) is 9.50. The lowest BCUT2D eigenvalue weighted by molar-refractivity contribution is 0.0736. The van der Waals surface area contributed by atoms with Gasteiger partial charge in [0.2, 0.25) is 10.0 Å². The number of nitrogens with one attached hydrogen (secondary N) is 1. The Morgan fingerprint density at radius 1 is 1.24 bits per heavy atom. The second-order valence-corrected chi connectivity index (χ2v) is 5.74. The van der Waals surface area contributed by atoms with Crippen LogP contribution in [0, 0.1) is 11.8 Å². The Morgan fingerprint density at radius 3 is 2.71 bits per heavy atom. The van der Waals surface area contributed by atoms with Crippen molar-refractivity contribution in [3.8, 4) is 11.8 Å². The van der Waals surface area contributed by atoms with Gasteiger partial charge in [-0.05, 0) is 12.1 Å². The SMILES string of the molecule is COCCOCCNS(=O)(=O)c1ccccc1C#CCN. The largest absolute Gasteiger partial charge is 0.382 e. The molecule has 21 heavy (non-hydrogen) atoms. The van der Waals surface area contributed by atoms with Crippen LogP contribution in [0.25, 0.3) is 0 Å². The summed E-state index contributed by atoms with van der Waals surface area (Å²) in [5.74, 6) is 5.41. The average molecular weight is 312 g/mol. The summed E-state index contributed by atoms with van der Waals surface area (Å²) in [7, 11) is -2.04. The van der Waals surface area contributed by atoms with Crippen molar-refractivity contribution in [2.45, 2.75) is 4.90 Å². The molecule has 0 aliphatic heterocycles. The summed E-state index contributed by atoms with van der Waals surface area (Å²) in [6.07, 6.45) is 0. The van der Waals surface area contributed by atoms with Gasteiger partial charge in [0.15, 0.2) is 0 Å². The highest BCUT2D eigenvalue weighted by atomic mass is 32.2. The average Bonchev–Trinajstić information content (AvgIpc) is 2.49. The van der Waals surface area contributed by atoms with Crippen molar-refractivity contribution >= 4 is 10.0 Å². The fourth-order valence-electron chi connectivity index (χ4n) is 1.52. The van der Waals surface area contributed by atoms with Crippen molar-refractivity contribution < 1.29 is 17.9 Å². The van der Waals surface area contributed by atoms with E-state index in [1.54, 1.807) is 25.3 Å². The molecule has 0 aliphatic rings. The van der Waals surface area contributed by atoms with Gasteiger partial charge < -0.3 is 15.2 Å². The van der Waals surface area contributed by atoms with Gasteiger partial charge in [-0.15, -0.1) is 0 Å². The molecule has 0 spiro atoms. The molecule has 1 aromatic carbocycles. The van der Waals surface area contributed by atoms with Crippen LogP contribution in [0.15, 0.2) is 29.2 Å². The third-order valence-electron chi connectivity index (χ3n) is 2.47. The van der Waals surface area contributed by atoms with Crippen LogP contribution < -0.4 is 10.5 Å². The molecule has 3 N–H and O–H groups in total. The van der Waals surface area contributed by atoms with E-state index in [-0.39, 0.29) is 24.6 Å². The molecule has 6 nitrogen and oxygen atoms in total. The molecular formula is C14H20N2O4S. The summed E-state index contributed by atoms with van der Waals surface area (Å²) in [6, 6.07) is 6.53. The Labute approximate surface area is 125 Å². The molecule has 0 radical (unpaired) electrons. The quantitative estimate of drug-likeness (QED) is 0.518. The van der Waals surface area contributed by atoms with Gasteiger partial charge in [-0.3, -0.25) is 0 Å². The van der Waals surface area contributed by atoms with Crippen molar-refractivity contribution in [1.29, 1.82) is 0 Å². The van der Waals surface area contributed by atoms with E-state index in [0.717, 1.165) is 0 Å². The summed E-state index contributed by atoms with van der Waals surface area (Å²) in [6.45, 7) is 1.54. The standard InChI is InChI=1S/C14H20N2O4S/c1-19-11-12-20-10-9-16-21(17,18)14-7-3-2-5-13(14)6-4-8-15/h2-3,5,7,16H,8-12,15H2,1H3. The molecule has 0 aliphatic carbocycles. The summed E-state index contributed by atoms with van der Waals surface area (Å²) < 4.78 is 36.9. The Hall–Kier alpha value is -1.43. The minimum atomic E-state index is -3.62. The lowest BCUT2D eigenvalue weighted by Crippen LogP contribution is -2.28. The first-order valence-electron chi connectivity index (χ1n) is 6.46. The van der Waals surface area contributed by atoms with Crippen molar-refractivity contribution in [1.82, 2.24) is 4.72 Å². The van der Waals surface area contributed by atoms with Gasteiger partial charge in [0.25, 0.3) is 0 Å². The van der Waals surface area contributed by atoms with E-state index in [1.165, 1.54) is 6.07 Å². The Balaban J connectivity index is 2.66. The Morgan fingerprint density at radius 2 is 2.00 bits per heavy atom. The summed E-state index contributed by atoms with van der Waals surface area (Å²) in [4.78, 5) is 0.142. The normalized spacial score (nSPS) is 11.0. The van der Waals surface area contributed by atoms with Gasteiger partial charge in [-0.25, -0.2) is 13.1 Å². The second-order valence-electron chi connectivity index (χ2n) is 4.01. The molecular weight excluding hydrogens is 292 g/mol. The number of hydrogen-bond donors (Lipinski definition) is 2. The summed E-state index contributed by atoms with van der Waals surface area (Å²) in [5.41, 5.74) is 5.73. The fourth-order valence-corrected chi connectivity index (χ4v) is 2.69. The number of rotatable bonds is 8. The molecule has 0 unspecified atom stereocenters. The predicted molar refractivity (Wildman–Crippen MR) is 80.3 cm³/mol. The van der Waals surface area contributed by atoms with Crippen LogP contribution in [0.4, 0.5) is 0 Å². The molecule has 0 atom stereocenters. The smallest absolute Gasteiger partial charge is 0.241 e. The molecule has 0 heterocycles. The van der Waals surface area contributed by atoms with Gasteiger partial charge in [0, 0.05) is 19.2 Å². The van der Waals surface area contributed by atoms with Gasteiger partial charge >= 0.3 is 0 Å². The monoisotopic (exact) mass is 312 g/mol. The van der Waals surface area contributed by atoms with E-state index in [4.69, 9.17) is 15.2 Å². The maximum absolute atomic E-state index is 12.2. The number of methoxy groups -OCH3 is 1. The van der Waals surface area contributed by atoms with Gasteiger partial charge in [0.05, 0.1) is 31.3 Å². The molecule has 1 rings (SSSR count). The van der Waals surface area contributed by atoms with Gasteiger partial charge in [-0.2, -0.15) is 0 Å². The van der Waals surface area contributed by atoms with Crippen molar-refractivity contribution in [2.75, 3.05) is 40.0 Å². The lowest BCUT2D eigenvalue weighted by Gasteiger charge is -2.09. The first kappa shape index (κ1) is 17.6. The zero-order chi connectivity index (χ0) is 15.6. The molecule has 0 aromatic heterocycles. The van der Waals surface area contributed by atoms with E-state index >= 15 is 0 Å². The number of ether oxygens (including phenoxy) is 2. The molecule has 7 heteroatoms. The summed E-state index contributed by atoms with van der Waals surface area (Å²) in [5, 5.41) is 0. The number of benzene rings is 1. The molecule has 116 valence electrons. The minimum Gasteiger partial charge on any atom is -0.382 e. The zero-order valence-corrected chi connectivity index (χ0v) is 12.8. The first-order valence-corrected chi connectivity index (χ1v) is 7.94. The van der Waals surface area contributed by atoms with E-state index in [0.29, 0.717) is 18.8 Å². The number of hydrogen-bond acceptors (Lipinski definition) is 5. The first-order chi connectivity index (χ1) is 10.1. The van der Waals surface area contributed by atoms with E-state index in [1.807, 2.05) is 0 Å². The van der Waals surface area contributed by atoms with Crippen LogP contribution in [0.1, 0.15) is 5.56 Å². The van der Waals surface area contributed by atoms with Crippen molar-refractivity contribution in [3.63, 3.8) is 0 Å². The van der Waals surface area contributed by atoms with Crippen LogP contribution in [0.5, 0.6) is 0 Å². The van der Waals surface area contributed by atoms with E-state index in [9.17, 15) is 8.42 Å². The molecule has 0 saturated carbocycles. The maximum Gasteiger partial charge on any atom is 0.241 e. The van der Waals surface area contributed by atoms with Crippen LogP contribution in [-0.2, 0) is 19.5 Å². The zero-order valence-electron chi connectivity index (χ0n) is 12.0. The van der Waals surface area contributed by atoms with Gasteiger partial charge in [0.1, 0.15) is 0 Å². The predicted octanol–water partition coefficient (Wildman–Crippen LogP) is -0.0619. The van der Waals surface area contributed by atoms with E-state index < -0.39 is 10.0 Å². The van der Waals surface area contributed by atoms with Crippen molar-refractivity contribution in [2.24, 2.45) is 5.73 Å². The highest BCUT2D eigenvalue weighted by Crippen LogP contribution is 2.13. The number of sulfonamides is 1. The maximum atomic E-state index is 12.2. The molecule has 0 saturated heterocycles. The Kier molecular flexibility index (Phi) is 7.97. The highest BCUT2D eigenvalue weighted by Gasteiger charge is 2.16. The molecule has 1 aromatic rings. The molecule has 0 amide bonds. The minimum absolute atomic E-state index is 0.142. The third-order valence-corrected chi connectivity index (χ3v) is 3.99.